The predicted molar refractivity (Wildman–Crippen MR) is 97.1 cm³/mol. The van der Waals surface area contributed by atoms with E-state index in [1.807, 2.05) is 4.90 Å². The van der Waals surface area contributed by atoms with Crippen LogP contribution in [0.2, 0.25) is 0 Å². The Kier molecular flexibility index (Phi) is 5.94. The van der Waals surface area contributed by atoms with Crippen LogP contribution in [0.5, 0.6) is 0 Å². The number of piperidine rings is 1. The third kappa shape index (κ3) is 3.76. The molecule has 1 aliphatic heterocycles. The van der Waals surface area contributed by atoms with Crippen LogP contribution in [-0.2, 0) is 19.7 Å². The number of hydrogen-bond acceptors (Lipinski definition) is 3. The lowest BCUT2D eigenvalue weighted by Crippen LogP contribution is -2.46. The molecule has 2 aliphatic rings. The molecular formula is C21H28FNO3. The first-order valence-electron chi connectivity index (χ1n) is 9.79. The highest BCUT2D eigenvalue weighted by molar-refractivity contribution is 5.87. The Bertz CT molecular complexity index is 637. The molecule has 0 bridgehead atoms. The van der Waals surface area contributed by atoms with Crippen molar-refractivity contribution in [2.24, 2.45) is 0 Å². The molecule has 1 unspecified atom stereocenters. The molecule has 5 heteroatoms. The van der Waals surface area contributed by atoms with Crippen LogP contribution in [0.25, 0.3) is 0 Å². The molecule has 0 N–H and O–H groups in total. The van der Waals surface area contributed by atoms with Gasteiger partial charge in [0, 0.05) is 12.6 Å². The topological polar surface area (TPSA) is 46.6 Å². The predicted octanol–water partition coefficient (Wildman–Crippen LogP) is 3.97. The third-order valence-electron chi connectivity index (χ3n) is 5.99. The maximum atomic E-state index is 13.3. The third-order valence-corrected chi connectivity index (χ3v) is 5.99. The van der Waals surface area contributed by atoms with E-state index in [0.29, 0.717) is 12.8 Å². The Morgan fingerprint density at radius 1 is 1.15 bits per heavy atom. The number of nitrogens with zero attached hydrogens (tertiary/aromatic N) is 1. The van der Waals surface area contributed by atoms with Gasteiger partial charge >= 0.3 is 5.97 Å². The van der Waals surface area contributed by atoms with Gasteiger partial charge in [-0.05, 0) is 56.2 Å². The van der Waals surface area contributed by atoms with E-state index in [9.17, 15) is 14.0 Å². The van der Waals surface area contributed by atoms with Gasteiger partial charge < -0.3 is 9.64 Å². The molecule has 0 aromatic heterocycles. The van der Waals surface area contributed by atoms with E-state index < -0.39 is 5.41 Å². The lowest BCUT2D eigenvalue weighted by Gasteiger charge is -2.35. The minimum absolute atomic E-state index is 0.0999. The van der Waals surface area contributed by atoms with Gasteiger partial charge in [0.15, 0.2) is 6.61 Å². The fourth-order valence-electron chi connectivity index (χ4n) is 4.46. The van der Waals surface area contributed by atoms with Crippen molar-refractivity contribution in [2.75, 3.05) is 13.2 Å². The zero-order valence-electron chi connectivity index (χ0n) is 15.5. The molecule has 1 atom stereocenters. The average molecular weight is 361 g/mol. The molecule has 3 rings (SSSR count). The number of rotatable bonds is 5. The first kappa shape index (κ1) is 18.9. The quantitative estimate of drug-likeness (QED) is 0.746. The molecule has 142 valence electrons. The van der Waals surface area contributed by atoms with Crippen molar-refractivity contribution in [1.29, 1.82) is 0 Å². The van der Waals surface area contributed by atoms with Gasteiger partial charge in [-0.1, -0.05) is 31.9 Å². The minimum Gasteiger partial charge on any atom is -0.455 e. The van der Waals surface area contributed by atoms with Crippen LogP contribution in [0.3, 0.4) is 0 Å². The van der Waals surface area contributed by atoms with E-state index in [-0.39, 0.29) is 30.3 Å². The van der Waals surface area contributed by atoms with Gasteiger partial charge in [-0.15, -0.1) is 0 Å². The number of amides is 1. The van der Waals surface area contributed by atoms with Crippen molar-refractivity contribution >= 4 is 11.9 Å². The first-order chi connectivity index (χ1) is 12.6. The van der Waals surface area contributed by atoms with E-state index in [1.54, 1.807) is 12.1 Å². The molecule has 0 spiro atoms. The molecule has 1 heterocycles. The Hall–Kier alpha value is -1.91. The van der Waals surface area contributed by atoms with Crippen molar-refractivity contribution in [3.05, 3.63) is 35.6 Å². The summed E-state index contributed by atoms with van der Waals surface area (Å²) in [5.74, 6) is -0.765. The molecule has 26 heavy (non-hydrogen) atoms. The fraction of sp³-hybridized carbons (Fsp3) is 0.619. The highest BCUT2D eigenvalue weighted by atomic mass is 19.1. The minimum atomic E-state index is -0.736. The zero-order valence-corrected chi connectivity index (χ0v) is 15.5. The number of hydrogen-bond donors (Lipinski definition) is 0. The number of halogens is 1. The van der Waals surface area contributed by atoms with Crippen molar-refractivity contribution in [1.82, 2.24) is 4.90 Å². The molecule has 0 radical (unpaired) electrons. The highest BCUT2D eigenvalue weighted by Crippen LogP contribution is 2.42. The lowest BCUT2D eigenvalue weighted by molar-refractivity contribution is -0.158. The normalized spacial score (nSPS) is 22.2. The summed E-state index contributed by atoms with van der Waals surface area (Å²) in [6, 6.07) is 6.36. The van der Waals surface area contributed by atoms with E-state index in [2.05, 4.69) is 6.92 Å². The Labute approximate surface area is 154 Å². The van der Waals surface area contributed by atoms with Gasteiger partial charge in [-0.3, -0.25) is 9.59 Å². The molecule has 1 aromatic carbocycles. The summed E-state index contributed by atoms with van der Waals surface area (Å²) in [6.45, 7) is 2.64. The smallest absolute Gasteiger partial charge is 0.317 e. The standard InChI is InChI=1S/C21H28FNO3/c1-2-18-7-3-6-14-23(18)19(24)15-26-20(25)21(12-4-5-13-21)16-8-10-17(22)11-9-16/h8-11,18H,2-7,12-15H2,1H3. The van der Waals surface area contributed by atoms with Crippen LogP contribution in [0.4, 0.5) is 4.39 Å². The van der Waals surface area contributed by atoms with E-state index >= 15 is 0 Å². The fourth-order valence-corrected chi connectivity index (χ4v) is 4.46. The van der Waals surface area contributed by atoms with Gasteiger partial charge in [0.25, 0.3) is 5.91 Å². The second kappa shape index (κ2) is 8.19. The van der Waals surface area contributed by atoms with Crippen LogP contribution in [-0.4, -0.2) is 36.0 Å². The van der Waals surface area contributed by atoms with Crippen LogP contribution in [0, 0.1) is 5.82 Å². The SMILES string of the molecule is CCC1CCCCN1C(=O)COC(=O)C1(c2ccc(F)cc2)CCCC1. The summed E-state index contributed by atoms with van der Waals surface area (Å²) in [6.07, 6.45) is 7.36. The lowest BCUT2D eigenvalue weighted by atomic mass is 9.79. The van der Waals surface area contributed by atoms with E-state index in [4.69, 9.17) is 4.74 Å². The molecule has 1 amide bonds. The first-order valence-corrected chi connectivity index (χ1v) is 9.79. The highest BCUT2D eigenvalue weighted by Gasteiger charge is 2.44. The summed E-state index contributed by atoms with van der Waals surface area (Å²) in [5, 5.41) is 0. The Morgan fingerprint density at radius 2 is 1.85 bits per heavy atom. The average Bonchev–Trinajstić information content (AvgIpc) is 3.17. The molecule has 1 saturated heterocycles. The van der Waals surface area contributed by atoms with Gasteiger partial charge in [-0.25, -0.2) is 4.39 Å². The summed E-state index contributed by atoms with van der Waals surface area (Å²) in [4.78, 5) is 27.3. The molecule has 1 aromatic rings. The van der Waals surface area contributed by atoms with Crippen molar-refractivity contribution in [3.8, 4) is 0 Å². The van der Waals surface area contributed by atoms with Crippen LogP contribution in [0.1, 0.15) is 63.9 Å². The summed E-state index contributed by atoms with van der Waals surface area (Å²) < 4.78 is 18.8. The van der Waals surface area contributed by atoms with Crippen LogP contribution < -0.4 is 0 Å². The van der Waals surface area contributed by atoms with Crippen LogP contribution >= 0.6 is 0 Å². The molecule has 1 aliphatic carbocycles. The van der Waals surface area contributed by atoms with Gasteiger partial charge in [-0.2, -0.15) is 0 Å². The van der Waals surface area contributed by atoms with Crippen molar-refractivity contribution in [2.45, 2.75) is 69.7 Å². The number of ether oxygens (including phenoxy) is 1. The number of carbonyl (C=O) groups excluding carboxylic acids is 2. The van der Waals surface area contributed by atoms with E-state index in [1.165, 1.54) is 12.1 Å². The van der Waals surface area contributed by atoms with Crippen molar-refractivity contribution < 1.29 is 18.7 Å². The number of esters is 1. The van der Waals surface area contributed by atoms with Gasteiger partial charge in [0.2, 0.25) is 0 Å². The summed E-state index contributed by atoms with van der Waals surface area (Å²) in [5.41, 5.74) is 0.0540. The Morgan fingerprint density at radius 3 is 2.50 bits per heavy atom. The number of benzene rings is 1. The monoisotopic (exact) mass is 361 g/mol. The molecule has 2 fully saturated rings. The molecule has 4 nitrogen and oxygen atoms in total. The largest absolute Gasteiger partial charge is 0.455 e. The van der Waals surface area contributed by atoms with Gasteiger partial charge in [0.05, 0.1) is 5.41 Å². The second-order valence-corrected chi connectivity index (χ2v) is 7.52. The summed E-state index contributed by atoms with van der Waals surface area (Å²) in [7, 11) is 0. The van der Waals surface area contributed by atoms with Crippen LogP contribution in [0.15, 0.2) is 24.3 Å². The molecule has 1 saturated carbocycles. The number of carbonyl (C=O) groups is 2. The summed E-state index contributed by atoms with van der Waals surface area (Å²) >= 11 is 0. The zero-order chi connectivity index (χ0) is 18.6. The Balaban J connectivity index is 1.67. The maximum absolute atomic E-state index is 13.3. The number of likely N-dealkylation sites (tertiary alicyclic amines) is 1. The maximum Gasteiger partial charge on any atom is 0.317 e. The molecular weight excluding hydrogens is 333 g/mol. The second-order valence-electron chi connectivity index (χ2n) is 7.52. The van der Waals surface area contributed by atoms with E-state index in [0.717, 1.165) is 50.6 Å². The van der Waals surface area contributed by atoms with Gasteiger partial charge in [0.1, 0.15) is 5.82 Å². The van der Waals surface area contributed by atoms with Crippen molar-refractivity contribution in [3.63, 3.8) is 0 Å².